The molecule has 0 aliphatic rings. The van der Waals surface area contributed by atoms with Gasteiger partial charge in [-0.2, -0.15) is 5.10 Å². The zero-order valence-electron chi connectivity index (χ0n) is 10.8. The molecule has 0 radical (unpaired) electrons. The molecule has 6 nitrogen and oxygen atoms in total. The number of carbonyl (C=O) groups is 1. The summed E-state index contributed by atoms with van der Waals surface area (Å²) in [6.45, 7) is 0.731. The molecule has 0 bridgehead atoms. The summed E-state index contributed by atoms with van der Waals surface area (Å²) in [5, 5.41) is 6.49. The first kappa shape index (κ1) is 13.7. The Hall–Kier alpha value is -1.73. The minimum absolute atomic E-state index is 0.321. The first-order valence-electron chi connectivity index (χ1n) is 5.77. The van der Waals surface area contributed by atoms with Gasteiger partial charge in [0.05, 0.1) is 19.4 Å². The molecule has 2 aromatic rings. The van der Waals surface area contributed by atoms with Crippen molar-refractivity contribution in [1.29, 1.82) is 0 Å². The van der Waals surface area contributed by atoms with Gasteiger partial charge < -0.3 is 9.47 Å². The highest BCUT2D eigenvalue weighted by Crippen LogP contribution is 2.11. The smallest absolute Gasteiger partial charge is 0.357 e. The van der Waals surface area contributed by atoms with Gasteiger partial charge >= 0.3 is 5.97 Å². The van der Waals surface area contributed by atoms with Crippen LogP contribution < -0.4 is 0 Å². The third kappa shape index (κ3) is 3.87. The average Bonchev–Trinajstić information content (AvgIpc) is 2.99. The van der Waals surface area contributed by atoms with Crippen molar-refractivity contribution in [3.8, 4) is 0 Å². The molecule has 0 spiro atoms. The number of ether oxygens (including phenoxy) is 2. The van der Waals surface area contributed by atoms with E-state index in [-0.39, 0.29) is 0 Å². The van der Waals surface area contributed by atoms with E-state index in [1.165, 1.54) is 11.3 Å². The maximum Gasteiger partial charge on any atom is 0.357 e. The van der Waals surface area contributed by atoms with Crippen LogP contribution in [0.25, 0.3) is 0 Å². The minimum atomic E-state index is -0.400. The zero-order chi connectivity index (χ0) is 13.7. The SMILES string of the molecule is COCc1nc(C(=O)OCCc2cnn(C)c2)cs1. The Morgan fingerprint density at radius 2 is 2.37 bits per heavy atom. The van der Waals surface area contributed by atoms with Crippen molar-refractivity contribution in [2.45, 2.75) is 13.0 Å². The van der Waals surface area contributed by atoms with Gasteiger partial charge in [-0.25, -0.2) is 9.78 Å². The molecule has 0 aliphatic heterocycles. The van der Waals surface area contributed by atoms with E-state index in [2.05, 4.69) is 10.1 Å². The molecule has 0 amide bonds. The number of aromatic nitrogens is 3. The summed E-state index contributed by atoms with van der Waals surface area (Å²) in [6.07, 6.45) is 4.30. The topological polar surface area (TPSA) is 66.2 Å². The second-order valence-corrected chi connectivity index (χ2v) is 4.91. The zero-order valence-corrected chi connectivity index (χ0v) is 11.6. The van der Waals surface area contributed by atoms with Gasteiger partial charge in [-0.3, -0.25) is 4.68 Å². The number of hydrogen-bond acceptors (Lipinski definition) is 6. The third-order valence-electron chi connectivity index (χ3n) is 2.41. The molecular weight excluding hydrogens is 266 g/mol. The van der Waals surface area contributed by atoms with Crippen LogP contribution in [-0.4, -0.2) is 34.5 Å². The molecule has 2 rings (SSSR count). The van der Waals surface area contributed by atoms with Gasteiger partial charge in [0.1, 0.15) is 5.01 Å². The molecular formula is C12H15N3O3S. The van der Waals surface area contributed by atoms with E-state index in [0.717, 1.165) is 10.6 Å². The molecule has 0 atom stereocenters. The summed E-state index contributed by atoms with van der Waals surface area (Å²) in [6, 6.07) is 0. The number of nitrogens with zero attached hydrogens (tertiary/aromatic N) is 3. The fraction of sp³-hybridized carbons (Fsp3) is 0.417. The molecule has 2 heterocycles. The number of methoxy groups -OCH3 is 1. The van der Waals surface area contributed by atoms with E-state index in [1.54, 1.807) is 23.4 Å². The van der Waals surface area contributed by atoms with Crippen molar-refractivity contribution in [2.75, 3.05) is 13.7 Å². The van der Waals surface area contributed by atoms with Gasteiger partial charge in [-0.15, -0.1) is 11.3 Å². The Balaban J connectivity index is 1.80. The van der Waals surface area contributed by atoms with Gasteiger partial charge in [0.15, 0.2) is 5.69 Å². The van der Waals surface area contributed by atoms with E-state index in [1.807, 2.05) is 13.2 Å². The van der Waals surface area contributed by atoms with Crippen molar-refractivity contribution in [1.82, 2.24) is 14.8 Å². The summed E-state index contributed by atoms with van der Waals surface area (Å²) >= 11 is 1.39. The van der Waals surface area contributed by atoms with Gasteiger partial charge in [0.25, 0.3) is 0 Å². The van der Waals surface area contributed by atoms with Crippen LogP contribution in [-0.2, 0) is 29.5 Å². The number of aryl methyl sites for hydroxylation is 1. The Labute approximate surface area is 115 Å². The van der Waals surface area contributed by atoms with Crippen LogP contribution in [0.3, 0.4) is 0 Å². The molecule has 0 saturated carbocycles. The molecule has 19 heavy (non-hydrogen) atoms. The molecule has 0 aromatic carbocycles. The second kappa shape index (κ2) is 6.44. The first-order chi connectivity index (χ1) is 9.19. The average molecular weight is 281 g/mol. The van der Waals surface area contributed by atoms with Crippen LogP contribution in [0.5, 0.6) is 0 Å². The van der Waals surface area contributed by atoms with Crippen molar-refractivity contribution in [3.05, 3.63) is 34.0 Å². The van der Waals surface area contributed by atoms with Gasteiger partial charge in [-0.1, -0.05) is 0 Å². The summed E-state index contributed by atoms with van der Waals surface area (Å²) < 4.78 is 11.8. The van der Waals surface area contributed by atoms with Crippen LogP contribution in [0.2, 0.25) is 0 Å². The van der Waals surface area contributed by atoms with Gasteiger partial charge in [0.2, 0.25) is 0 Å². The van der Waals surface area contributed by atoms with Crippen LogP contribution in [0.4, 0.5) is 0 Å². The van der Waals surface area contributed by atoms with E-state index in [0.29, 0.717) is 25.3 Å². The number of carbonyl (C=O) groups excluding carboxylic acids is 1. The predicted octanol–water partition coefficient (Wildman–Crippen LogP) is 1.42. The Kier molecular flexibility index (Phi) is 4.64. The summed E-state index contributed by atoms with van der Waals surface area (Å²) in [7, 11) is 3.44. The standard InChI is InChI=1S/C12H15N3O3S/c1-15-6-9(5-13-15)3-4-18-12(16)10-8-19-11(14-10)7-17-2/h5-6,8H,3-4,7H2,1-2H3. The Morgan fingerprint density at radius 3 is 3.05 bits per heavy atom. The lowest BCUT2D eigenvalue weighted by molar-refractivity contribution is 0.0502. The van der Waals surface area contributed by atoms with Crippen LogP contribution in [0, 0.1) is 0 Å². The molecule has 0 fully saturated rings. The molecule has 0 saturated heterocycles. The van der Waals surface area contributed by atoms with E-state index >= 15 is 0 Å². The molecule has 0 unspecified atom stereocenters. The van der Waals surface area contributed by atoms with Gasteiger partial charge in [0, 0.05) is 32.2 Å². The summed E-state index contributed by atoms with van der Waals surface area (Å²) in [5.41, 5.74) is 1.37. The van der Waals surface area contributed by atoms with E-state index in [4.69, 9.17) is 9.47 Å². The second-order valence-electron chi connectivity index (χ2n) is 3.97. The quantitative estimate of drug-likeness (QED) is 0.749. The normalized spacial score (nSPS) is 10.6. The maximum absolute atomic E-state index is 11.7. The lowest BCUT2D eigenvalue weighted by atomic mass is 10.3. The maximum atomic E-state index is 11.7. The van der Waals surface area contributed by atoms with E-state index in [9.17, 15) is 4.79 Å². The van der Waals surface area contributed by atoms with Crippen molar-refractivity contribution < 1.29 is 14.3 Å². The highest BCUT2D eigenvalue weighted by molar-refractivity contribution is 7.09. The molecule has 0 N–H and O–H groups in total. The van der Waals surface area contributed by atoms with Gasteiger partial charge in [-0.05, 0) is 5.56 Å². The summed E-state index contributed by atoms with van der Waals surface area (Å²) in [4.78, 5) is 15.9. The third-order valence-corrected chi connectivity index (χ3v) is 3.23. The first-order valence-corrected chi connectivity index (χ1v) is 6.65. The molecule has 7 heteroatoms. The molecule has 0 aliphatic carbocycles. The Bertz CT molecular complexity index is 550. The van der Waals surface area contributed by atoms with Crippen LogP contribution in [0.15, 0.2) is 17.8 Å². The fourth-order valence-corrected chi connectivity index (χ4v) is 2.26. The molecule has 102 valence electrons. The fourth-order valence-electron chi connectivity index (χ4n) is 1.53. The lowest BCUT2D eigenvalue weighted by Gasteiger charge is -2.01. The largest absolute Gasteiger partial charge is 0.461 e. The number of thiazole rings is 1. The number of rotatable bonds is 6. The summed E-state index contributed by atoms with van der Waals surface area (Å²) in [5.74, 6) is -0.400. The highest BCUT2D eigenvalue weighted by Gasteiger charge is 2.12. The minimum Gasteiger partial charge on any atom is -0.461 e. The van der Waals surface area contributed by atoms with Crippen molar-refractivity contribution in [2.24, 2.45) is 7.05 Å². The Morgan fingerprint density at radius 1 is 1.53 bits per heavy atom. The predicted molar refractivity (Wildman–Crippen MR) is 70.0 cm³/mol. The highest BCUT2D eigenvalue weighted by atomic mass is 32.1. The lowest BCUT2D eigenvalue weighted by Crippen LogP contribution is -2.08. The van der Waals surface area contributed by atoms with Crippen LogP contribution >= 0.6 is 11.3 Å². The molecule has 2 aromatic heterocycles. The van der Waals surface area contributed by atoms with Crippen molar-refractivity contribution in [3.63, 3.8) is 0 Å². The van der Waals surface area contributed by atoms with Crippen LogP contribution in [0.1, 0.15) is 21.1 Å². The number of esters is 1. The monoisotopic (exact) mass is 281 g/mol. The van der Waals surface area contributed by atoms with Crippen molar-refractivity contribution >= 4 is 17.3 Å². The van der Waals surface area contributed by atoms with E-state index < -0.39 is 5.97 Å². The number of hydrogen-bond donors (Lipinski definition) is 0.